The van der Waals surface area contributed by atoms with E-state index in [1.807, 2.05) is 0 Å². The minimum atomic E-state index is -0.0346. The van der Waals surface area contributed by atoms with Crippen LogP contribution in [0.5, 0.6) is 0 Å². The summed E-state index contributed by atoms with van der Waals surface area (Å²) < 4.78 is 0. The van der Waals surface area contributed by atoms with E-state index in [1.54, 1.807) is 0 Å². The zero-order chi connectivity index (χ0) is 15.7. The molecule has 0 saturated heterocycles. The number of rotatable bonds is 5. The Labute approximate surface area is 138 Å². The number of hydrogen-bond acceptors (Lipinski definition) is 2. The van der Waals surface area contributed by atoms with Crippen molar-refractivity contribution in [2.75, 3.05) is 0 Å². The summed E-state index contributed by atoms with van der Waals surface area (Å²) in [6.45, 7) is 2.03. The van der Waals surface area contributed by atoms with E-state index in [-0.39, 0.29) is 6.10 Å². The lowest BCUT2D eigenvalue weighted by molar-refractivity contribution is -0.126. The number of hydrogen-bond donors (Lipinski definition) is 1. The van der Waals surface area contributed by atoms with Crippen LogP contribution in [0.15, 0.2) is 60.7 Å². The molecule has 2 aromatic carbocycles. The Hall–Kier alpha value is -1.64. The molecule has 0 aliphatic heterocycles. The minimum absolute atomic E-state index is 0.0346. The fourth-order valence-corrected chi connectivity index (χ4v) is 4.42. The van der Waals surface area contributed by atoms with Crippen LogP contribution in [-0.4, -0.2) is 22.2 Å². The number of nitrogens with zero attached hydrogens (tertiary/aromatic N) is 1. The molecule has 2 aromatic rings. The third kappa shape index (κ3) is 3.19. The van der Waals surface area contributed by atoms with Gasteiger partial charge in [0, 0.05) is 19.1 Å². The van der Waals surface area contributed by atoms with Crippen LogP contribution in [-0.2, 0) is 13.1 Å². The molecule has 0 aromatic heterocycles. The fraction of sp³-hybridized carbons (Fsp3) is 0.429. The van der Waals surface area contributed by atoms with Gasteiger partial charge in [-0.3, -0.25) is 4.90 Å². The van der Waals surface area contributed by atoms with Crippen molar-refractivity contribution in [1.29, 1.82) is 0 Å². The quantitative estimate of drug-likeness (QED) is 0.903. The Morgan fingerprint density at radius 3 is 1.70 bits per heavy atom. The van der Waals surface area contributed by atoms with Gasteiger partial charge in [0.25, 0.3) is 0 Å². The first-order chi connectivity index (χ1) is 11.2. The van der Waals surface area contributed by atoms with Gasteiger partial charge in [-0.25, -0.2) is 0 Å². The van der Waals surface area contributed by atoms with Gasteiger partial charge in [-0.05, 0) is 42.2 Å². The van der Waals surface area contributed by atoms with Crippen molar-refractivity contribution >= 4 is 0 Å². The van der Waals surface area contributed by atoms with E-state index in [9.17, 15) is 5.11 Å². The molecule has 1 spiro atoms. The monoisotopic (exact) mass is 307 g/mol. The van der Waals surface area contributed by atoms with Gasteiger partial charge in [0.2, 0.25) is 0 Å². The molecule has 120 valence electrons. The average Bonchev–Trinajstić information content (AvgIpc) is 2.51. The first-order valence-corrected chi connectivity index (χ1v) is 8.72. The summed E-state index contributed by atoms with van der Waals surface area (Å²) in [6.07, 6.45) is 4.52. The molecule has 2 saturated carbocycles. The van der Waals surface area contributed by atoms with Crippen molar-refractivity contribution in [2.45, 2.75) is 50.9 Å². The lowest BCUT2D eigenvalue weighted by Gasteiger charge is -2.59. The molecule has 2 aliphatic carbocycles. The third-order valence-corrected chi connectivity index (χ3v) is 5.65. The van der Waals surface area contributed by atoms with Crippen molar-refractivity contribution < 1.29 is 5.11 Å². The second-order valence-electron chi connectivity index (χ2n) is 7.50. The van der Waals surface area contributed by atoms with Crippen molar-refractivity contribution in [2.24, 2.45) is 5.41 Å². The van der Waals surface area contributed by atoms with Crippen LogP contribution in [0.3, 0.4) is 0 Å². The summed E-state index contributed by atoms with van der Waals surface area (Å²) in [5.41, 5.74) is 3.24. The summed E-state index contributed by atoms with van der Waals surface area (Å²) in [5.74, 6) is 0. The molecule has 2 nitrogen and oxygen atoms in total. The maximum atomic E-state index is 9.63. The van der Waals surface area contributed by atoms with Crippen molar-refractivity contribution in [3.05, 3.63) is 71.8 Å². The molecular weight excluding hydrogens is 282 g/mol. The summed E-state index contributed by atoms with van der Waals surface area (Å²) in [5, 5.41) is 9.63. The fourth-order valence-electron chi connectivity index (χ4n) is 4.42. The van der Waals surface area contributed by atoms with Crippen LogP contribution >= 0.6 is 0 Å². The molecule has 2 heteroatoms. The van der Waals surface area contributed by atoms with E-state index >= 15 is 0 Å². The molecular formula is C21H25NO. The lowest BCUT2D eigenvalue weighted by Crippen LogP contribution is -2.57. The van der Waals surface area contributed by atoms with E-state index < -0.39 is 0 Å². The van der Waals surface area contributed by atoms with Crippen molar-refractivity contribution in [1.82, 2.24) is 4.90 Å². The largest absolute Gasteiger partial charge is 0.393 e. The third-order valence-electron chi connectivity index (χ3n) is 5.65. The molecule has 1 N–H and O–H groups in total. The summed E-state index contributed by atoms with van der Waals surface area (Å²) in [4.78, 5) is 2.63. The molecule has 2 aliphatic rings. The van der Waals surface area contributed by atoms with Crippen LogP contribution in [0.2, 0.25) is 0 Å². The first kappa shape index (κ1) is 14.9. The molecule has 0 atom stereocenters. The summed E-state index contributed by atoms with van der Waals surface area (Å²) in [6, 6.07) is 22.2. The maximum Gasteiger partial charge on any atom is 0.0550 e. The Balaban J connectivity index is 1.45. The minimum Gasteiger partial charge on any atom is -0.393 e. The van der Waals surface area contributed by atoms with E-state index in [0.717, 1.165) is 25.9 Å². The zero-order valence-electron chi connectivity index (χ0n) is 13.6. The Morgan fingerprint density at radius 1 is 0.783 bits per heavy atom. The van der Waals surface area contributed by atoms with E-state index in [2.05, 4.69) is 65.6 Å². The van der Waals surface area contributed by atoms with Gasteiger partial charge in [-0.2, -0.15) is 0 Å². The predicted octanol–water partition coefficient (Wildman–Crippen LogP) is 3.99. The molecule has 0 heterocycles. The summed E-state index contributed by atoms with van der Waals surface area (Å²) >= 11 is 0. The van der Waals surface area contributed by atoms with Crippen LogP contribution in [0.1, 0.15) is 36.8 Å². The Morgan fingerprint density at radius 2 is 1.26 bits per heavy atom. The first-order valence-electron chi connectivity index (χ1n) is 8.72. The average molecular weight is 307 g/mol. The van der Waals surface area contributed by atoms with Gasteiger partial charge in [-0.1, -0.05) is 60.7 Å². The van der Waals surface area contributed by atoms with Crippen molar-refractivity contribution in [3.63, 3.8) is 0 Å². The second kappa shape index (κ2) is 6.10. The highest BCUT2D eigenvalue weighted by atomic mass is 16.3. The van der Waals surface area contributed by atoms with Crippen LogP contribution in [0, 0.1) is 5.41 Å². The van der Waals surface area contributed by atoms with E-state index in [1.165, 1.54) is 24.0 Å². The standard InChI is InChI=1S/C21H25NO/c23-20-13-21(14-20)11-19(12-21)22(15-17-7-3-1-4-8-17)16-18-9-5-2-6-10-18/h1-10,19-20,23H,11-16H2. The highest BCUT2D eigenvalue weighted by Gasteiger charge is 2.53. The smallest absolute Gasteiger partial charge is 0.0550 e. The van der Waals surface area contributed by atoms with Gasteiger partial charge in [0.15, 0.2) is 0 Å². The lowest BCUT2D eigenvalue weighted by atomic mass is 9.52. The maximum absolute atomic E-state index is 9.63. The predicted molar refractivity (Wildman–Crippen MR) is 92.8 cm³/mol. The topological polar surface area (TPSA) is 23.5 Å². The molecule has 23 heavy (non-hydrogen) atoms. The van der Waals surface area contributed by atoms with Crippen LogP contribution < -0.4 is 0 Å². The van der Waals surface area contributed by atoms with Gasteiger partial charge < -0.3 is 5.11 Å². The zero-order valence-corrected chi connectivity index (χ0v) is 13.6. The molecule has 0 radical (unpaired) electrons. The van der Waals surface area contributed by atoms with Crippen molar-refractivity contribution in [3.8, 4) is 0 Å². The normalized spacial score (nSPS) is 29.3. The summed E-state index contributed by atoms with van der Waals surface area (Å²) in [7, 11) is 0. The highest BCUT2D eigenvalue weighted by Crippen LogP contribution is 2.57. The molecule has 0 unspecified atom stereocenters. The van der Waals surface area contributed by atoms with Gasteiger partial charge >= 0.3 is 0 Å². The van der Waals surface area contributed by atoms with Gasteiger partial charge in [-0.15, -0.1) is 0 Å². The molecule has 0 bridgehead atoms. The number of aliphatic hydroxyl groups excluding tert-OH is 1. The SMILES string of the molecule is OC1CC2(C1)CC(N(Cc1ccccc1)Cc1ccccc1)C2. The number of aliphatic hydroxyl groups is 1. The van der Waals surface area contributed by atoms with Gasteiger partial charge in [0.1, 0.15) is 0 Å². The van der Waals surface area contributed by atoms with E-state index in [0.29, 0.717) is 11.5 Å². The molecule has 2 fully saturated rings. The number of benzene rings is 2. The Kier molecular flexibility index (Phi) is 3.96. The van der Waals surface area contributed by atoms with Crippen LogP contribution in [0.4, 0.5) is 0 Å². The molecule has 4 rings (SSSR count). The van der Waals surface area contributed by atoms with Crippen LogP contribution in [0.25, 0.3) is 0 Å². The highest BCUT2D eigenvalue weighted by molar-refractivity contribution is 5.18. The molecule has 0 amide bonds. The van der Waals surface area contributed by atoms with Gasteiger partial charge in [0.05, 0.1) is 6.10 Å². The van der Waals surface area contributed by atoms with E-state index in [4.69, 9.17) is 0 Å². The Bertz CT molecular complexity index is 584. The second-order valence-corrected chi connectivity index (χ2v) is 7.50.